The second-order valence-corrected chi connectivity index (χ2v) is 9.72. The zero-order valence-corrected chi connectivity index (χ0v) is 18.2. The highest BCUT2D eigenvalue weighted by Gasteiger charge is 2.75. The van der Waals surface area contributed by atoms with Gasteiger partial charge in [0.25, 0.3) is 6.02 Å². The third-order valence-electron chi connectivity index (χ3n) is 7.86. The standard InChI is InChI=1S/C25H29N3O3/c1-16-5-3-6-17(2)27-20(11-16)18-7-8-21-19(12-18)25(15-30-22(26)28-25)23(13-29-14-23)24(31-21)9-4-10-24/h3,5,7-8,11-12,17H,4,6,9-10,13-15H2,1-2H3,(H2,26,28). The minimum absolute atomic E-state index is 0.227. The van der Waals surface area contributed by atoms with Gasteiger partial charge in [0, 0.05) is 11.1 Å². The van der Waals surface area contributed by atoms with E-state index in [1.807, 2.05) is 0 Å². The monoisotopic (exact) mass is 419 g/mol. The first-order valence-corrected chi connectivity index (χ1v) is 11.3. The normalized spacial score (nSPS) is 31.9. The maximum Gasteiger partial charge on any atom is 0.283 e. The molecule has 2 atom stereocenters. The van der Waals surface area contributed by atoms with E-state index in [0.29, 0.717) is 19.8 Å². The maximum atomic E-state index is 6.75. The van der Waals surface area contributed by atoms with Crippen LogP contribution in [0.5, 0.6) is 5.75 Å². The highest BCUT2D eigenvalue weighted by Crippen LogP contribution is 2.67. The lowest BCUT2D eigenvalue weighted by atomic mass is 9.49. The third kappa shape index (κ3) is 2.48. The summed E-state index contributed by atoms with van der Waals surface area (Å²) < 4.78 is 18.4. The zero-order chi connectivity index (χ0) is 21.3. The van der Waals surface area contributed by atoms with Crippen LogP contribution in [0.25, 0.3) is 0 Å². The van der Waals surface area contributed by atoms with Gasteiger partial charge in [0.05, 0.1) is 30.4 Å². The van der Waals surface area contributed by atoms with Crippen LogP contribution in [0, 0.1) is 5.41 Å². The highest BCUT2D eigenvalue weighted by molar-refractivity contribution is 6.09. The Balaban J connectivity index is 1.53. The van der Waals surface area contributed by atoms with Crippen molar-refractivity contribution >= 4 is 11.7 Å². The lowest BCUT2D eigenvalue weighted by molar-refractivity contribution is -0.281. The van der Waals surface area contributed by atoms with Gasteiger partial charge in [0.15, 0.2) is 0 Å². The molecule has 31 heavy (non-hydrogen) atoms. The van der Waals surface area contributed by atoms with Crippen molar-refractivity contribution in [1.82, 2.24) is 0 Å². The van der Waals surface area contributed by atoms with E-state index in [1.165, 1.54) is 5.57 Å². The number of benzene rings is 1. The first-order chi connectivity index (χ1) is 15.0. The van der Waals surface area contributed by atoms with Crippen LogP contribution in [-0.4, -0.2) is 43.2 Å². The van der Waals surface area contributed by atoms with Crippen molar-refractivity contribution in [2.75, 3.05) is 19.8 Å². The molecule has 0 radical (unpaired) electrons. The van der Waals surface area contributed by atoms with Crippen molar-refractivity contribution < 1.29 is 14.2 Å². The van der Waals surface area contributed by atoms with E-state index in [1.54, 1.807) is 0 Å². The Morgan fingerprint density at radius 1 is 1.16 bits per heavy atom. The average molecular weight is 420 g/mol. The molecule has 4 heterocycles. The number of hydrogen-bond donors (Lipinski definition) is 1. The third-order valence-corrected chi connectivity index (χ3v) is 7.86. The van der Waals surface area contributed by atoms with Crippen LogP contribution in [0.2, 0.25) is 0 Å². The lowest BCUT2D eigenvalue weighted by Crippen LogP contribution is -2.75. The van der Waals surface area contributed by atoms with Gasteiger partial charge < -0.3 is 19.9 Å². The Hall–Kier alpha value is -2.60. The molecule has 3 spiro atoms. The molecule has 0 amide bonds. The number of amidine groups is 1. The number of nitrogens with zero attached hydrogens (tertiary/aromatic N) is 2. The van der Waals surface area contributed by atoms with Crippen LogP contribution in [-0.2, 0) is 15.0 Å². The van der Waals surface area contributed by atoms with Crippen molar-refractivity contribution in [3.05, 3.63) is 53.1 Å². The van der Waals surface area contributed by atoms with Gasteiger partial charge in [0.2, 0.25) is 0 Å². The summed E-state index contributed by atoms with van der Waals surface area (Å²) in [5.74, 6) is 0.892. The van der Waals surface area contributed by atoms with Crippen molar-refractivity contribution in [2.45, 2.75) is 56.7 Å². The van der Waals surface area contributed by atoms with Crippen molar-refractivity contribution in [3.8, 4) is 5.75 Å². The van der Waals surface area contributed by atoms with Crippen molar-refractivity contribution in [1.29, 1.82) is 0 Å². The van der Waals surface area contributed by atoms with Crippen molar-refractivity contribution in [3.63, 3.8) is 0 Å². The molecule has 0 bridgehead atoms. The van der Waals surface area contributed by atoms with Gasteiger partial charge in [-0.1, -0.05) is 12.2 Å². The molecule has 2 unspecified atom stereocenters. The summed E-state index contributed by atoms with van der Waals surface area (Å²) in [6.45, 7) is 5.95. The summed E-state index contributed by atoms with van der Waals surface area (Å²) in [5, 5.41) is 0. The molecule has 1 saturated carbocycles. The maximum absolute atomic E-state index is 6.75. The van der Waals surface area contributed by atoms with E-state index in [4.69, 9.17) is 29.9 Å². The van der Waals surface area contributed by atoms with Gasteiger partial charge in [-0.15, -0.1) is 0 Å². The lowest BCUT2D eigenvalue weighted by Gasteiger charge is -2.66. The molecule has 5 aliphatic rings. The van der Waals surface area contributed by atoms with Crippen molar-refractivity contribution in [2.24, 2.45) is 21.1 Å². The summed E-state index contributed by atoms with van der Waals surface area (Å²) in [6.07, 6.45) is 10.7. The van der Waals surface area contributed by atoms with E-state index in [-0.39, 0.29) is 23.1 Å². The molecule has 4 aliphatic heterocycles. The molecule has 0 aromatic heterocycles. The Morgan fingerprint density at radius 2 is 2.00 bits per heavy atom. The van der Waals surface area contributed by atoms with Gasteiger partial charge in [-0.2, -0.15) is 0 Å². The largest absolute Gasteiger partial charge is 0.486 e. The van der Waals surface area contributed by atoms with Gasteiger partial charge in [-0.05, 0) is 69.4 Å². The van der Waals surface area contributed by atoms with Crippen LogP contribution in [0.1, 0.15) is 50.7 Å². The second-order valence-electron chi connectivity index (χ2n) is 9.72. The van der Waals surface area contributed by atoms with Crippen LogP contribution >= 0.6 is 0 Å². The number of nitrogens with two attached hydrogens (primary N) is 1. The minimum Gasteiger partial charge on any atom is -0.486 e. The molecule has 1 aromatic carbocycles. The summed E-state index contributed by atoms with van der Waals surface area (Å²) in [5.41, 5.74) is 9.35. The topological polar surface area (TPSA) is 78.4 Å². The number of aliphatic imine (C=N–C) groups is 2. The summed E-state index contributed by atoms with van der Waals surface area (Å²) >= 11 is 0. The molecule has 1 aromatic rings. The number of ether oxygens (including phenoxy) is 3. The minimum atomic E-state index is -0.578. The Morgan fingerprint density at radius 3 is 2.65 bits per heavy atom. The fraction of sp³-hybridized carbons (Fsp3) is 0.520. The predicted molar refractivity (Wildman–Crippen MR) is 120 cm³/mol. The molecule has 1 aliphatic carbocycles. The zero-order valence-electron chi connectivity index (χ0n) is 18.2. The Kier molecular flexibility index (Phi) is 3.98. The molecule has 6 heteroatoms. The molecule has 6 rings (SSSR count). The highest BCUT2D eigenvalue weighted by atomic mass is 16.5. The molecular weight excluding hydrogens is 390 g/mol. The number of fused-ring (bicyclic) bond motifs is 4. The molecule has 2 fully saturated rings. The summed E-state index contributed by atoms with van der Waals surface area (Å²) in [4.78, 5) is 9.96. The molecule has 2 N–H and O–H groups in total. The number of allylic oxidation sites excluding steroid dienone is 3. The van der Waals surface area contributed by atoms with E-state index >= 15 is 0 Å². The smallest absolute Gasteiger partial charge is 0.283 e. The summed E-state index contributed by atoms with van der Waals surface area (Å²) in [7, 11) is 0. The Bertz CT molecular complexity index is 1060. The number of rotatable bonds is 1. The molecular formula is C25H29N3O3. The van der Waals surface area contributed by atoms with E-state index in [9.17, 15) is 0 Å². The predicted octanol–water partition coefficient (Wildman–Crippen LogP) is 3.64. The van der Waals surface area contributed by atoms with Crippen LogP contribution in [0.3, 0.4) is 0 Å². The molecule has 6 nitrogen and oxygen atoms in total. The van der Waals surface area contributed by atoms with Crippen LogP contribution in [0.15, 0.2) is 52.0 Å². The van der Waals surface area contributed by atoms with Crippen LogP contribution < -0.4 is 10.5 Å². The summed E-state index contributed by atoms with van der Waals surface area (Å²) in [6, 6.07) is 6.90. The van der Waals surface area contributed by atoms with E-state index < -0.39 is 5.54 Å². The fourth-order valence-electron chi connectivity index (χ4n) is 5.94. The van der Waals surface area contributed by atoms with E-state index in [0.717, 1.165) is 48.3 Å². The molecule has 1 saturated heterocycles. The average Bonchev–Trinajstić information content (AvgIpc) is 3.05. The SMILES string of the molecule is CC1=CC(c2ccc3c(c2)C2(COC(N)=N2)C2(COC2)C2(CCC2)O3)=NC(C)CC=C1. The quantitative estimate of drug-likeness (QED) is 0.754. The van der Waals surface area contributed by atoms with E-state index in [2.05, 4.69) is 50.3 Å². The van der Waals surface area contributed by atoms with Gasteiger partial charge in [-0.3, -0.25) is 4.99 Å². The van der Waals surface area contributed by atoms with Gasteiger partial charge in [0.1, 0.15) is 23.5 Å². The fourth-order valence-corrected chi connectivity index (χ4v) is 5.94. The first-order valence-electron chi connectivity index (χ1n) is 11.3. The molecule has 162 valence electrons. The van der Waals surface area contributed by atoms with Crippen LogP contribution in [0.4, 0.5) is 0 Å². The first kappa shape index (κ1) is 19.1. The Labute approximate surface area is 182 Å². The number of hydrogen-bond acceptors (Lipinski definition) is 6. The van der Waals surface area contributed by atoms with Gasteiger partial charge >= 0.3 is 0 Å². The second kappa shape index (κ2) is 6.45. The van der Waals surface area contributed by atoms with Gasteiger partial charge in [-0.25, -0.2) is 4.99 Å².